The Hall–Kier alpha value is -2.25. The van der Waals surface area contributed by atoms with Gasteiger partial charge in [-0.05, 0) is 43.4 Å². The number of nitrogens with one attached hydrogen (secondary N) is 1. The number of aryl methyl sites for hydroxylation is 2. The molecule has 1 aromatic carbocycles. The van der Waals surface area contributed by atoms with Crippen LogP contribution in [0.2, 0.25) is 5.15 Å². The molecule has 4 rings (SSSR count). The molecular weight excluding hydrogens is 515 g/mol. The standard InChI is InChI=1S/C20H21ClF3N5O3S2/c1-11-15(17(21)29(2)27-11)34(30,31)28-18-19(26-14-6-4-3-5-13(14)25-18)32-16(20(22,23)24)12-7-9-33-10-8-12/h3-6,12,16H,7-10H2,1-2H3,(H,25,28). The number of para-hydroxylation sites is 2. The van der Waals surface area contributed by atoms with Gasteiger partial charge >= 0.3 is 6.18 Å². The van der Waals surface area contributed by atoms with Gasteiger partial charge in [0.05, 0.1) is 16.7 Å². The minimum atomic E-state index is -4.68. The maximum atomic E-state index is 14.0. The Bertz CT molecular complexity index is 1310. The van der Waals surface area contributed by atoms with Crippen LogP contribution in [0.25, 0.3) is 11.0 Å². The van der Waals surface area contributed by atoms with E-state index in [0.29, 0.717) is 24.3 Å². The highest BCUT2D eigenvalue weighted by Gasteiger charge is 2.48. The molecule has 1 saturated heterocycles. The first-order valence-corrected chi connectivity index (χ1v) is 13.3. The molecule has 0 aliphatic carbocycles. The first kappa shape index (κ1) is 24.9. The van der Waals surface area contributed by atoms with Gasteiger partial charge in [0.25, 0.3) is 15.9 Å². The molecule has 2 aromatic heterocycles. The summed E-state index contributed by atoms with van der Waals surface area (Å²) in [5, 5.41) is 3.82. The van der Waals surface area contributed by atoms with Gasteiger partial charge in [-0.3, -0.25) is 9.40 Å². The molecule has 0 amide bonds. The molecule has 34 heavy (non-hydrogen) atoms. The number of sulfonamides is 1. The van der Waals surface area contributed by atoms with Gasteiger partial charge in [0.15, 0.2) is 6.10 Å². The number of fused-ring (bicyclic) bond motifs is 1. The van der Waals surface area contributed by atoms with Crippen LogP contribution < -0.4 is 9.46 Å². The summed E-state index contributed by atoms with van der Waals surface area (Å²) in [4.78, 5) is 8.08. The molecule has 0 bridgehead atoms. The molecule has 0 saturated carbocycles. The molecular formula is C20H21ClF3N5O3S2. The van der Waals surface area contributed by atoms with Gasteiger partial charge in [-0.1, -0.05) is 23.7 Å². The van der Waals surface area contributed by atoms with Gasteiger partial charge in [0, 0.05) is 13.0 Å². The van der Waals surface area contributed by atoms with Gasteiger partial charge in [-0.2, -0.15) is 30.0 Å². The van der Waals surface area contributed by atoms with Crippen molar-refractivity contribution in [2.45, 2.75) is 36.9 Å². The van der Waals surface area contributed by atoms with Crippen LogP contribution in [-0.4, -0.2) is 52.0 Å². The van der Waals surface area contributed by atoms with E-state index in [9.17, 15) is 21.6 Å². The lowest BCUT2D eigenvalue weighted by Gasteiger charge is -2.31. The molecule has 1 unspecified atom stereocenters. The van der Waals surface area contributed by atoms with Crippen LogP contribution in [0.4, 0.5) is 19.0 Å². The number of hydrogen-bond donors (Lipinski definition) is 1. The maximum absolute atomic E-state index is 14.0. The van der Waals surface area contributed by atoms with Crippen molar-refractivity contribution in [1.29, 1.82) is 0 Å². The summed E-state index contributed by atoms with van der Waals surface area (Å²) in [6, 6.07) is 6.40. The number of aromatic nitrogens is 4. The van der Waals surface area contributed by atoms with Gasteiger partial charge in [0.2, 0.25) is 5.82 Å². The van der Waals surface area contributed by atoms with E-state index in [-0.39, 0.29) is 26.8 Å². The van der Waals surface area contributed by atoms with Crippen molar-refractivity contribution in [3.63, 3.8) is 0 Å². The number of anilines is 1. The van der Waals surface area contributed by atoms with E-state index in [2.05, 4.69) is 19.8 Å². The van der Waals surface area contributed by atoms with Gasteiger partial charge in [-0.25, -0.2) is 18.4 Å². The summed E-state index contributed by atoms with van der Waals surface area (Å²) in [5.41, 5.74) is 0.652. The third-order valence-corrected chi connectivity index (χ3v) is 8.48. The van der Waals surface area contributed by atoms with Crippen LogP contribution in [0.15, 0.2) is 29.2 Å². The predicted molar refractivity (Wildman–Crippen MR) is 124 cm³/mol. The lowest BCUT2D eigenvalue weighted by atomic mass is 9.95. The molecule has 1 aliphatic heterocycles. The molecule has 1 fully saturated rings. The molecule has 0 spiro atoms. The Labute approximate surface area is 203 Å². The second-order valence-electron chi connectivity index (χ2n) is 7.83. The lowest BCUT2D eigenvalue weighted by molar-refractivity contribution is -0.211. The monoisotopic (exact) mass is 535 g/mol. The number of alkyl halides is 3. The molecule has 1 atom stereocenters. The zero-order valence-corrected chi connectivity index (χ0v) is 20.5. The van der Waals surface area contributed by atoms with E-state index in [4.69, 9.17) is 16.3 Å². The minimum absolute atomic E-state index is 0.115. The SMILES string of the molecule is Cc1nn(C)c(Cl)c1S(=O)(=O)Nc1nc2ccccc2nc1OC(C1CCSCC1)C(F)(F)F. The number of ether oxygens (including phenoxy) is 1. The van der Waals surface area contributed by atoms with E-state index in [1.165, 1.54) is 18.7 Å². The van der Waals surface area contributed by atoms with Crippen LogP contribution in [0.3, 0.4) is 0 Å². The van der Waals surface area contributed by atoms with Crippen molar-refractivity contribution in [1.82, 2.24) is 19.7 Å². The van der Waals surface area contributed by atoms with Crippen molar-refractivity contribution < 1.29 is 26.3 Å². The molecule has 3 aromatic rings. The molecule has 1 N–H and O–H groups in total. The molecule has 14 heteroatoms. The molecule has 8 nitrogen and oxygen atoms in total. The third kappa shape index (κ3) is 5.05. The van der Waals surface area contributed by atoms with Crippen molar-refractivity contribution in [3.8, 4) is 5.88 Å². The fourth-order valence-corrected chi connectivity index (χ4v) is 6.69. The quantitative estimate of drug-likeness (QED) is 0.493. The molecule has 0 radical (unpaired) electrons. The Morgan fingerprint density at radius 1 is 1.21 bits per heavy atom. The summed E-state index contributed by atoms with van der Waals surface area (Å²) >= 11 is 7.69. The van der Waals surface area contributed by atoms with Gasteiger partial charge in [-0.15, -0.1) is 0 Å². The van der Waals surface area contributed by atoms with E-state index < -0.39 is 39.9 Å². The zero-order valence-electron chi connectivity index (χ0n) is 18.1. The summed E-state index contributed by atoms with van der Waals surface area (Å²) in [6.07, 6.45) is -6.20. The number of rotatable bonds is 6. The number of benzene rings is 1. The fraction of sp³-hybridized carbons (Fsp3) is 0.450. The second kappa shape index (κ2) is 9.42. The van der Waals surface area contributed by atoms with E-state index in [1.807, 2.05) is 0 Å². The average molecular weight is 536 g/mol. The van der Waals surface area contributed by atoms with Crippen LogP contribution in [-0.2, 0) is 17.1 Å². The van der Waals surface area contributed by atoms with Gasteiger partial charge in [0.1, 0.15) is 10.0 Å². The normalized spacial score (nSPS) is 16.5. The van der Waals surface area contributed by atoms with Crippen molar-refractivity contribution in [2.24, 2.45) is 13.0 Å². The van der Waals surface area contributed by atoms with E-state index >= 15 is 0 Å². The molecule has 184 valence electrons. The second-order valence-corrected chi connectivity index (χ2v) is 11.0. The summed E-state index contributed by atoms with van der Waals surface area (Å²) in [6.45, 7) is 1.45. The topological polar surface area (TPSA) is 99.0 Å². The van der Waals surface area contributed by atoms with Gasteiger partial charge < -0.3 is 4.74 Å². The smallest absolute Gasteiger partial charge is 0.425 e. The maximum Gasteiger partial charge on any atom is 0.425 e. The largest absolute Gasteiger partial charge is 0.462 e. The predicted octanol–water partition coefficient (Wildman–Crippen LogP) is 4.58. The Morgan fingerprint density at radius 2 is 1.82 bits per heavy atom. The summed E-state index contributed by atoms with van der Waals surface area (Å²) in [7, 11) is -2.91. The Balaban J connectivity index is 1.78. The van der Waals surface area contributed by atoms with Crippen LogP contribution in [0.5, 0.6) is 5.88 Å². The van der Waals surface area contributed by atoms with Crippen LogP contribution in [0, 0.1) is 12.8 Å². The highest BCUT2D eigenvalue weighted by Crippen LogP contribution is 2.38. The first-order valence-electron chi connectivity index (χ1n) is 10.3. The lowest BCUT2D eigenvalue weighted by Crippen LogP contribution is -2.42. The Kier molecular flexibility index (Phi) is 6.89. The third-order valence-electron chi connectivity index (χ3n) is 5.39. The van der Waals surface area contributed by atoms with E-state index in [1.54, 1.807) is 36.0 Å². The van der Waals surface area contributed by atoms with Crippen molar-refractivity contribution >= 4 is 50.2 Å². The summed E-state index contributed by atoms with van der Waals surface area (Å²) in [5.74, 6) is -0.628. The molecule has 3 heterocycles. The van der Waals surface area contributed by atoms with Crippen molar-refractivity contribution in [3.05, 3.63) is 35.1 Å². The Morgan fingerprint density at radius 3 is 2.38 bits per heavy atom. The van der Waals surface area contributed by atoms with Crippen LogP contribution in [0.1, 0.15) is 18.5 Å². The number of nitrogens with zero attached hydrogens (tertiary/aromatic N) is 4. The highest BCUT2D eigenvalue weighted by molar-refractivity contribution is 7.99. The number of thioether (sulfide) groups is 1. The van der Waals surface area contributed by atoms with Crippen LogP contribution >= 0.6 is 23.4 Å². The first-order chi connectivity index (χ1) is 16.0. The molecule has 1 aliphatic rings. The average Bonchev–Trinajstić information content (AvgIpc) is 3.03. The number of hydrogen-bond acceptors (Lipinski definition) is 7. The van der Waals surface area contributed by atoms with E-state index in [0.717, 1.165) is 0 Å². The minimum Gasteiger partial charge on any atom is -0.462 e. The summed E-state index contributed by atoms with van der Waals surface area (Å²) < 4.78 is 77.1. The highest BCUT2D eigenvalue weighted by atomic mass is 35.5. The zero-order chi connectivity index (χ0) is 24.7. The number of halogens is 4. The fourth-order valence-electron chi connectivity index (χ4n) is 3.80. The van der Waals surface area contributed by atoms with Crippen molar-refractivity contribution in [2.75, 3.05) is 16.2 Å².